The van der Waals surface area contributed by atoms with Gasteiger partial charge in [-0.2, -0.15) is 0 Å². The van der Waals surface area contributed by atoms with Gasteiger partial charge in [-0.1, -0.05) is 18.0 Å². The maximum absolute atomic E-state index is 11.7. The van der Waals surface area contributed by atoms with Gasteiger partial charge in [-0.15, -0.1) is 0 Å². The number of carbonyl (C=O) groups is 1. The number of pyridine rings is 1. The predicted octanol–water partition coefficient (Wildman–Crippen LogP) is 3.18. The SMILES string of the molecule is CCOC(=O)c1cc2c(nc1Cl)CCCCC2. The van der Waals surface area contributed by atoms with Gasteiger partial charge in [0.2, 0.25) is 0 Å². The van der Waals surface area contributed by atoms with Crippen LogP contribution in [0.5, 0.6) is 0 Å². The van der Waals surface area contributed by atoms with Crippen LogP contribution in [0.1, 0.15) is 47.8 Å². The summed E-state index contributed by atoms with van der Waals surface area (Å²) in [6.45, 7) is 2.13. The highest BCUT2D eigenvalue weighted by Crippen LogP contribution is 2.24. The van der Waals surface area contributed by atoms with Crippen LogP contribution in [0.15, 0.2) is 6.07 Å². The monoisotopic (exact) mass is 253 g/mol. The number of carbonyl (C=O) groups excluding carboxylic acids is 1. The Hall–Kier alpha value is -1.09. The lowest BCUT2D eigenvalue weighted by molar-refractivity contribution is 0.0526. The van der Waals surface area contributed by atoms with Crippen molar-refractivity contribution < 1.29 is 9.53 Å². The molecule has 17 heavy (non-hydrogen) atoms. The molecule has 1 heterocycles. The highest BCUT2D eigenvalue weighted by molar-refractivity contribution is 6.32. The molecule has 1 aliphatic rings. The molecule has 0 saturated heterocycles. The molecule has 0 saturated carbocycles. The van der Waals surface area contributed by atoms with Crippen molar-refractivity contribution >= 4 is 17.6 Å². The summed E-state index contributed by atoms with van der Waals surface area (Å²) in [6, 6.07) is 1.86. The molecular weight excluding hydrogens is 238 g/mol. The minimum Gasteiger partial charge on any atom is -0.462 e. The molecule has 0 aliphatic heterocycles. The largest absolute Gasteiger partial charge is 0.462 e. The van der Waals surface area contributed by atoms with Crippen molar-refractivity contribution in [1.82, 2.24) is 4.98 Å². The fourth-order valence-corrected chi connectivity index (χ4v) is 2.37. The first kappa shape index (κ1) is 12.4. The van der Waals surface area contributed by atoms with Gasteiger partial charge in [0.1, 0.15) is 5.15 Å². The van der Waals surface area contributed by atoms with Gasteiger partial charge in [-0.25, -0.2) is 9.78 Å². The molecule has 0 bridgehead atoms. The van der Waals surface area contributed by atoms with Crippen LogP contribution in [0.2, 0.25) is 5.15 Å². The second-order valence-corrected chi connectivity index (χ2v) is 4.57. The Balaban J connectivity index is 2.35. The van der Waals surface area contributed by atoms with E-state index >= 15 is 0 Å². The van der Waals surface area contributed by atoms with E-state index in [0.29, 0.717) is 12.2 Å². The molecule has 0 aromatic carbocycles. The number of rotatable bonds is 2. The van der Waals surface area contributed by atoms with E-state index in [1.807, 2.05) is 6.07 Å². The van der Waals surface area contributed by atoms with E-state index in [1.54, 1.807) is 6.92 Å². The van der Waals surface area contributed by atoms with Crippen LogP contribution in [-0.2, 0) is 17.6 Å². The first-order valence-electron chi connectivity index (χ1n) is 6.07. The number of aromatic nitrogens is 1. The lowest BCUT2D eigenvalue weighted by Gasteiger charge is -2.09. The van der Waals surface area contributed by atoms with Crippen molar-refractivity contribution in [2.45, 2.75) is 39.0 Å². The van der Waals surface area contributed by atoms with E-state index in [0.717, 1.165) is 36.9 Å². The van der Waals surface area contributed by atoms with Crippen molar-refractivity contribution in [3.05, 3.63) is 28.0 Å². The molecule has 0 radical (unpaired) electrons. The molecule has 0 fully saturated rings. The number of ether oxygens (including phenoxy) is 1. The average Bonchev–Trinajstić information content (AvgIpc) is 2.52. The van der Waals surface area contributed by atoms with Crippen molar-refractivity contribution in [3.8, 4) is 0 Å². The molecule has 1 aliphatic carbocycles. The molecule has 92 valence electrons. The minimum absolute atomic E-state index is 0.268. The van der Waals surface area contributed by atoms with Crippen LogP contribution < -0.4 is 0 Å². The normalized spacial score (nSPS) is 14.9. The number of esters is 1. The highest BCUT2D eigenvalue weighted by atomic mass is 35.5. The predicted molar refractivity (Wildman–Crippen MR) is 66.5 cm³/mol. The van der Waals surface area contributed by atoms with Gasteiger partial charge in [0, 0.05) is 5.69 Å². The van der Waals surface area contributed by atoms with Gasteiger partial charge in [0.25, 0.3) is 0 Å². The standard InChI is InChI=1S/C13H16ClNO2/c1-2-17-13(16)10-8-9-6-4-3-5-7-11(9)15-12(10)14/h8H,2-7H2,1H3. The fourth-order valence-electron chi connectivity index (χ4n) is 2.14. The Kier molecular flexibility index (Phi) is 4.00. The van der Waals surface area contributed by atoms with E-state index < -0.39 is 0 Å². The lowest BCUT2D eigenvalue weighted by atomic mass is 10.1. The molecule has 4 heteroatoms. The topological polar surface area (TPSA) is 39.2 Å². The van der Waals surface area contributed by atoms with Crippen LogP contribution >= 0.6 is 11.6 Å². The Labute approximate surface area is 106 Å². The number of nitrogens with zero attached hydrogens (tertiary/aromatic N) is 1. The molecule has 0 unspecified atom stereocenters. The van der Waals surface area contributed by atoms with E-state index in [4.69, 9.17) is 16.3 Å². The Bertz CT molecular complexity index is 432. The molecule has 0 N–H and O–H groups in total. The molecule has 2 rings (SSSR count). The zero-order chi connectivity index (χ0) is 12.3. The van der Waals surface area contributed by atoms with Gasteiger partial charge < -0.3 is 4.74 Å². The smallest absolute Gasteiger partial charge is 0.341 e. The fraction of sp³-hybridized carbons (Fsp3) is 0.538. The Morgan fingerprint density at radius 1 is 1.41 bits per heavy atom. The maximum atomic E-state index is 11.7. The van der Waals surface area contributed by atoms with Crippen molar-refractivity contribution in [2.75, 3.05) is 6.61 Å². The summed E-state index contributed by atoms with van der Waals surface area (Å²) in [6.07, 6.45) is 5.44. The summed E-state index contributed by atoms with van der Waals surface area (Å²) in [5.41, 5.74) is 2.59. The third-order valence-corrected chi connectivity index (χ3v) is 3.29. The van der Waals surface area contributed by atoms with E-state index in [2.05, 4.69) is 4.98 Å². The van der Waals surface area contributed by atoms with Crippen LogP contribution in [-0.4, -0.2) is 17.6 Å². The Morgan fingerprint density at radius 2 is 2.18 bits per heavy atom. The van der Waals surface area contributed by atoms with Gasteiger partial charge in [-0.3, -0.25) is 0 Å². The number of aryl methyl sites for hydroxylation is 2. The van der Waals surface area contributed by atoms with Crippen molar-refractivity contribution in [1.29, 1.82) is 0 Å². The Morgan fingerprint density at radius 3 is 2.94 bits per heavy atom. The summed E-state index contributed by atoms with van der Waals surface area (Å²) in [5, 5.41) is 0.268. The molecule has 0 atom stereocenters. The van der Waals surface area contributed by atoms with Crippen LogP contribution in [0, 0.1) is 0 Å². The summed E-state index contributed by atoms with van der Waals surface area (Å²) < 4.78 is 4.97. The quantitative estimate of drug-likeness (QED) is 0.462. The average molecular weight is 254 g/mol. The maximum Gasteiger partial charge on any atom is 0.341 e. The van der Waals surface area contributed by atoms with Gasteiger partial charge in [0.05, 0.1) is 12.2 Å². The minimum atomic E-state index is -0.378. The summed E-state index contributed by atoms with van der Waals surface area (Å²) >= 11 is 6.03. The zero-order valence-corrected chi connectivity index (χ0v) is 10.7. The third kappa shape index (κ3) is 2.78. The van der Waals surface area contributed by atoms with E-state index in [1.165, 1.54) is 6.42 Å². The second kappa shape index (κ2) is 5.50. The van der Waals surface area contributed by atoms with Crippen LogP contribution in [0.3, 0.4) is 0 Å². The molecule has 3 nitrogen and oxygen atoms in total. The van der Waals surface area contributed by atoms with Crippen LogP contribution in [0.25, 0.3) is 0 Å². The molecule has 1 aromatic rings. The van der Waals surface area contributed by atoms with Crippen molar-refractivity contribution in [3.63, 3.8) is 0 Å². The highest BCUT2D eigenvalue weighted by Gasteiger charge is 2.18. The van der Waals surface area contributed by atoms with E-state index in [-0.39, 0.29) is 11.1 Å². The second-order valence-electron chi connectivity index (χ2n) is 4.21. The van der Waals surface area contributed by atoms with Gasteiger partial charge in [-0.05, 0) is 44.2 Å². The van der Waals surface area contributed by atoms with E-state index in [9.17, 15) is 4.79 Å². The van der Waals surface area contributed by atoms with Crippen LogP contribution in [0.4, 0.5) is 0 Å². The molecule has 0 amide bonds. The molecule has 1 aromatic heterocycles. The number of halogens is 1. The summed E-state index contributed by atoms with van der Waals surface area (Å²) in [7, 11) is 0. The molecular formula is C13H16ClNO2. The van der Waals surface area contributed by atoms with Gasteiger partial charge >= 0.3 is 5.97 Å². The summed E-state index contributed by atoms with van der Waals surface area (Å²) in [4.78, 5) is 16.0. The summed E-state index contributed by atoms with van der Waals surface area (Å²) in [5.74, 6) is -0.378. The number of hydrogen-bond donors (Lipinski definition) is 0. The first-order chi connectivity index (χ1) is 8.22. The zero-order valence-electron chi connectivity index (χ0n) is 9.96. The molecule has 0 spiro atoms. The first-order valence-corrected chi connectivity index (χ1v) is 6.45. The lowest BCUT2D eigenvalue weighted by Crippen LogP contribution is -2.09. The number of fused-ring (bicyclic) bond motifs is 1. The third-order valence-electron chi connectivity index (χ3n) is 3.00. The van der Waals surface area contributed by atoms with Gasteiger partial charge in [0.15, 0.2) is 0 Å². The van der Waals surface area contributed by atoms with Crippen molar-refractivity contribution in [2.24, 2.45) is 0 Å². The number of hydrogen-bond acceptors (Lipinski definition) is 3.